The van der Waals surface area contributed by atoms with Crippen LogP contribution in [0.3, 0.4) is 0 Å². The summed E-state index contributed by atoms with van der Waals surface area (Å²) in [7, 11) is 2.14. The molecule has 0 radical (unpaired) electrons. The van der Waals surface area contributed by atoms with E-state index in [9.17, 15) is 0 Å². The highest BCUT2D eigenvalue weighted by atomic mass is 32.2. The summed E-state index contributed by atoms with van der Waals surface area (Å²) in [5.74, 6) is 1.03. The molecule has 0 saturated carbocycles. The number of fused-ring (bicyclic) bond motifs is 3. The Labute approximate surface area is 138 Å². The van der Waals surface area contributed by atoms with Crippen LogP contribution in [0.2, 0.25) is 0 Å². The number of rotatable bonds is 3. The van der Waals surface area contributed by atoms with Crippen molar-refractivity contribution in [2.45, 2.75) is 24.9 Å². The van der Waals surface area contributed by atoms with Gasteiger partial charge in [0.15, 0.2) is 0 Å². The van der Waals surface area contributed by atoms with Crippen molar-refractivity contribution in [2.24, 2.45) is 7.05 Å². The molecule has 1 N–H and O–H groups in total. The van der Waals surface area contributed by atoms with E-state index in [1.165, 1.54) is 22.2 Å². The van der Waals surface area contributed by atoms with Crippen molar-refractivity contribution in [3.8, 4) is 11.3 Å². The zero-order valence-corrected chi connectivity index (χ0v) is 14.4. The van der Waals surface area contributed by atoms with Gasteiger partial charge in [0.05, 0.1) is 16.2 Å². The molecule has 114 valence electrons. The van der Waals surface area contributed by atoms with Crippen LogP contribution in [-0.2, 0) is 20.0 Å². The van der Waals surface area contributed by atoms with Crippen molar-refractivity contribution >= 4 is 34.1 Å². The smallest absolute Gasteiger partial charge is 0.142 e. The molecule has 0 aromatic carbocycles. The first-order valence-corrected chi connectivity index (χ1v) is 9.45. The molecule has 4 nitrogen and oxygen atoms in total. The van der Waals surface area contributed by atoms with Crippen molar-refractivity contribution in [1.29, 1.82) is 0 Å². The van der Waals surface area contributed by atoms with Crippen LogP contribution in [0.5, 0.6) is 0 Å². The van der Waals surface area contributed by atoms with E-state index in [0.717, 1.165) is 41.6 Å². The predicted molar refractivity (Wildman–Crippen MR) is 93.6 cm³/mol. The number of aromatic nitrogens is 3. The van der Waals surface area contributed by atoms with Crippen LogP contribution < -0.4 is 5.32 Å². The number of nitrogens with zero attached hydrogens (tertiary/aromatic N) is 3. The van der Waals surface area contributed by atoms with Crippen molar-refractivity contribution in [2.75, 3.05) is 12.3 Å². The molecule has 22 heavy (non-hydrogen) atoms. The van der Waals surface area contributed by atoms with Crippen molar-refractivity contribution in [3.05, 3.63) is 28.2 Å². The van der Waals surface area contributed by atoms with Gasteiger partial charge in [-0.2, -0.15) is 0 Å². The first kappa shape index (κ1) is 14.2. The van der Waals surface area contributed by atoms with E-state index in [1.807, 2.05) is 5.51 Å². The van der Waals surface area contributed by atoms with Crippen LogP contribution in [0.4, 0.5) is 0 Å². The molecule has 6 heteroatoms. The molecule has 4 rings (SSSR count). The third-order valence-corrected chi connectivity index (χ3v) is 5.57. The van der Waals surface area contributed by atoms with Crippen molar-refractivity contribution in [3.63, 3.8) is 0 Å². The van der Waals surface area contributed by atoms with E-state index in [-0.39, 0.29) is 0 Å². The fourth-order valence-corrected chi connectivity index (χ4v) is 4.42. The van der Waals surface area contributed by atoms with Crippen LogP contribution >= 0.6 is 23.1 Å². The average Bonchev–Trinajstić information content (AvgIpc) is 3.16. The topological polar surface area (TPSA) is 42.7 Å². The van der Waals surface area contributed by atoms with Crippen LogP contribution in [-0.4, -0.2) is 26.8 Å². The monoisotopic (exact) mass is 330 g/mol. The Morgan fingerprint density at radius 2 is 2.36 bits per heavy atom. The molecule has 3 aromatic rings. The lowest BCUT2D eigenvalue weighted by molar-refractivity contribution is 0.621. The number of pyridine rings is 1. The Balaban J connectivity index is 2.06. The Morgan fingerprint density at radius 3 is 3.14 bits per heavy atom. The molecule has 3 aromatic heterocycles. The van der Waals surface area contributed by atoms with Gasteiger partial charge >= 0.3 is 0 Å². The van der Waals surface area contributed by atoms with Gasteiger partial charge in [0.2, 0.25) is 0 Å². The normalized spacial score (nSPS) is 14.5. The van der Waals surface area contributed by atoms with E-state index >= 15 is 0 Å². The van der Waals surface area contributed by atoms with Gasteiger partial charge in [0, 0.05) is 48.6 Å². The minimum atomic E-state index is 0.922. The summed E-state index contributed by atoms with van der Waals surface area (Å²) in [5, 5.41) is 7.99. The zero-order valence-electron chi connectivity index (χ0n) is 12.7. The van der Waals surface area contributed by atoms with Gasteiger partial charge in [-0.3, -0.25) is 0 Å². The summed E-state index contributed by atoms with van der Waals surface area (Å²) in [5.41, 5.74) is 8.10. The van der Waals surface area contributed by atoms with Gasteiger partial charge in [-0.1, -0.05) is 6.92 Å². The number of thiazole rings is 1. The maximum Gasteiger partial charge on any atom is 0.142 e. The highest BCUT2D eigenvalue weighted by Crippen LogP contribution is 2.37. The summed E-state index contributed by atoms with van der Waals surface area (Å²) in [6.45, 7) is 4.13. The zero-order chi connectivity index (χ0) is 15.1. The molecule has 0 aliphatic carbocycles. The summed E-state index contributed by atoms with van der Waals surface area (Å²) >= 11 is 3.44. The van der Waals surface area contributed by atoms with E-state index < -0.39 is 0 Å². The lowest BCUT2D eigenvalue weighted by atomic mass is 10.0. The Morgan fingerprint density at radius 1 is 1.45 bits per heavy atom. The minimum Gasteiger partial charge on any atom is -0.332 e. The van der Waals surface area contributed by atoms with Gasteiger partial charge in [-0.25, -0.2) is 9.97 Å². The van der Waals surface area contributed by atoms with Crippen LogP contribution in [0.25, 0.3) is 22.3 Å². The number of aryl methyl sites for hydroxylation is 1. The molecular weight excluding hydrogens is 312 g/mol. The average molecular weight is 330 g/mol. The summed E-state index contributed by atoms with van der Waals surface area (Å²) in [4.78, 5) is 9.46. The summed E-state index contributed by atoms with van der Waals surface area (Å²) in [6, 6.07) is 2.21. The number of thioether (sulfide) groups is 1. The molecule has 0 unspecified atom stereocenters. The maximum absolute atomic E-state index is 4.91. The van der Waals surface area contributed by atoms with Crippen LogP contribution in [0.15, 0.2) is 22.0 Å². The summed E-state index contributed by atoms with van der Waals surface area (Å²) < 4.78 is 2.28. The van der Waals surface area contributed by atoms with E-state index in [0.29, 0.717) is 0 Å². The number of hydrogen-bond donors (Lipinski definition) is 1. The molecule has 4 heterocycles. The van der Waals surface area contributed by atoms with Crippen molar-refractivity contribution < 1.29 is 0 Å². The summed E-state index contributed by atoms with van der Waals surface area (Å²) in [6.07, 6.45) is 1.06. The highest BCUT2D eigenvalue weighted by Gasteiger charge is 2.23. The lowest BCUT2D eigenvalue weighted by Crippen LogP contribution is -2.24. The molecule has 0 atom stereocenters. The van der Waals surface area contributed by atoms with Gasteiger partial charge < -0.3 is 9.88 Å². The van der Waals surface area contributed by atoms with Gasteiger partial charge in [0.1, 0.15) is 5.65 Å². The van der Waals surface area contributed by atoms with Gasteiger partial charge in [-0.05, 0) is 17.4 Å². The predicted octanol–water partition coefficient (Wildman–Crippen LogP) is 3.45. The van der Waals surface area contributed by atoms with Crippen LogP contribution in [0, 0.1) is 0 Å². The SMILES string of the molecule is CCSc1cc(-c2cscn2)c2c3c(n(C)c2n1)CCNC3. The lowest BCUT2D eigenvalue weighted by Gasteiger charge is -2.14. The molecule has 1 aliphatic heterocycles. The second kappa shape index (κ2) is 5.68. The molecule has 1 aliphatic rings. The second-order valence-corrected chi connectivity index (χ2v) is 7.43. The van der Waals surface area contributed by atoms with Crippen molar-refractivity contribution in [1.82, 2.24) is 19.9 Å². The third kappa shape index (κ3) is 2.17. The Hall–Kier alpha value is -1.37. The van der Waals surface area contributed by atoms with Gasteiger partial charge in [-0.15, -0.1) is 23.1 Å². The first-order chi connectivity index (χ1) is 10.8. The molecular formula is C16H18N4S2. The molecule has 0 spiro atoms. The fraction of sp³-hybridized carbons (Fsp3) is 0.375. The second-order valence-electron chi connectivity index (χ2n) is 5.42. The molecule has 0 bridgehead atoms. The third-order valence-electron chi connectivity index (χ3n) is 4.19. The van der Waals surface area contributed by atoms with E-state index in [4.69, 9.17) is 4.98 Å². The maximum atomic E-state index is 4.91. The number of nitrogens with one attached hydrogen (secondary N) is 1. The molecule has 0 amide bonds. The quantitative estimate of drug-likeness (QED) is 0.747. The highest BCUT2D eigenvalue weighted by molar-refractivity contribution is 7.99. The fourth-order valence-electron chi connectivity index (χ4n) is 3.22. The van der Waals surface area contributed by atoms with Gasteiger partial charge in [0.25, 0.3) is 0 Å². The molecule has 0 fully saturated rings. The standard InChI is InChI=1S/C16H18N4S2/c1-3-22-14-6-10(12-8-21-9-18-12)15-11-7-17-5-4-13(11)20(2)16(15)19-14/h6,8-9,17H,3-5,7H2,1-2H3. The van der Waals surface area contributed by atoms with E-state index in [2.05, 4.69) is 40.3 Å². The molecule has 0 saturated heterocycles. The Kier molecular flexibility index (Phi) is 3.68. The minimum absolute atomic E-state index is 0.922. The van der Waals surface area contributed by atoms with Crippen LogP contribution in [0.1, 0.15) is 18.2 Å². The van der Waals surface area contributed by atoms with E-state index in [1.54, 1.807) is 23.1 Å². The largest absolute Gasteiger partial charge is 0.332 e. The first-order valence-electron chi connectivity index (χ1n) is 7.52. The number of hydrogen-bond acceptors (Lipinski definition) is 5. The Bertz CT molecular complexity index is 821.